The third kappa shape index (κ3) is 5.37. The van der Waals surface area contributed by atoms with Crippen LogP contribution >= 0.6 is 11.8 Å². The molecular formula is C28H23NS. The van der Waals surface area contributed by atoms with Crippen molar-refractivity contribution in [3.63, 3.8) is 0 Å². The minimum absolute atomic E-state index is 0.945. The number of aryl methyl sites for hydroxylation is 1. The highest BCUT2D eigenvalue weighted by Crippen LogP contribution is 2.23. The number of thioether (sulfide) groups is 1. The molecule has 0 N–H and O–H groups in total. The summed E-state index contributed by atoms with van der Waals surface area (Å²) >= 11 is 1.70. The van der Waals surface area contributed by atoms with Gasteiger partial charge in [0.2, 0.25) is 0 Å². The highest BCUT2D eigenvalue weighted by atomic mass is 32.2. The number of rotatable bonds is 6. The fraction of sp³-hybridized carbons (Fsp3) is 0.0357. The molecule has 4 rings (SSSR count). The van der Waals surface area contributed by atoms with E-state index >= 15 is 0 Å². The lowest BCUT2D eigenvalue weighted by Crippen LogP contribution is -1.96. The number of nitrogens with zero attached hydrogens (tertiary/aromatic N) is 1. The van der Waals surface area contributed by atoms with Crippen LogP contribution in [0.1, 0.15) is 11.1 Å². The van der Waals surface area contributed by atoms with Gasteiger partial charge in [-0.2, -0.15) is 0 Å². The Labute approximate surface area is 182 Å². The lowest BCUT2D eigenvalue weighted by molar-refractivity contribution is 1.38. The Morgan fingerprint density at radius 2 is 1.27 bits per heavy atom. The molecule has 0 radical (unpaired) electrons. The molecule has 30 heavy (non-hydrogen) atoms. The third-order valence-electron chi connectivity index (χ3n) is 4.74. The number of para-hydroxylation sites is 1. The molecular weight excluding hydrogens is 382 g/mol. The number of benzene rings is 4. The fourth-order valence-corrected chi connectivity index (χ4v) is 3.74. The van der Waals surface area contributed by atoms with Crippen LogP contribution in [-0.4, -0.2) is 5.71 Å². The molecule has 0 amide bonds. The second-order valence-corrected chi connectivity index (χ2v) is 7.99. The standard InChI is InChI=1S/C28H23NS/c1-22-12-18-27(19-13-22)30-21-20-28(29-26-10-6-3-7-11-26)25-16-14-24(15-17-25)23-8-4-2-5-9-23/h2-21H,1H3. The normalized spacial score (nSPS) is 11.7. The average Bonchev–Trinajstić information content (AvgIpc) is 2.81. The minimum Gasteiger partial charge on any atom is -0.248 e. The van der Waals surface area contributed by atoms with E-state index in [0.717, 1.165) is 17.0 Å². The minimum atomic E-state index is 0.945. The van der Waals surface area contributed by atoms with Gasteiger partial charge in [0.25, 0.3) is 0 Å². The average molecular weight is 406 g/mol. The summed E-state index contributed by atoms with van der Waals surface area (Å²) in [7, 11) is 0. The summed E-state index contributed by atoms with van der Waals surface area (Å²) in [5.41, 5.74) is 6.69. The van der Waals surface area contributed by atoms with E-state index in [1.54, 1.807) is 11.8 Å². The van der Waals surface area contributed by atoms with Crippen LogP contribution in [0.25, 0.3) is 11.1 Å². The SMILES string of the molecule is Cc1ccc(SC=CC(=Nc2ccccc2)c2ccc(-c3ccccc3)cc2)cc1. The molecule has 0 unspecified atom stereocenters. The van der Waals surface area contributed by atoms with Crippen molar-refractivity contribution in [2.24, 2.45) is 4.99 Å². The van der Waals surface area contributed by atoms with E-state index in [2.05, 4.69) is 91.2 Å². The molecule has 4 aromatic rings. The maximum atomic E-state index is 4.89. The first kappa shape index (κ1) is 19.9. The molecule has 0 aromatic heterocycles. The molecule has 0 saturated heterocycles. The van der Waals surface area contributed by atoms with E-state index in [1.165, 1.54) is 21.6 Å². The first-order valence-electron chi connectivity index (χ1n) is 9.97. The Morgan fingerprint density at radius 1 is 0.667 bits per heavy atom. The summed E-state index contributed by atoms with van der Waals surface area (Å²) in [6.45, 7) is 2.11. The summed E-state index contributed by atoms with van der Waals surface area (Å²) in [6, 6.07) is 37.7. The van der Waals surface area contributed by atoms with Gasteiger partial charge in [-0.3, -0.25) is 0 Å². The zero-order valence-electron chi connectivity index (χ0n) is 16.9. The predicted octanol–water partition coefficient (Wildman–Crippen LogP) is 8.09. The van der Waals surface area contributed by atoms with Crippen LogP contribution in [0.2, 0.25) is 0 Å². The lowest BCUT2D eigenvalue weighted by atomic mass is 10.0. The second-order valence-electron chi connectivity index (χ2n) is 7.01. The van der Waals surface area contributed by atoms with Crippen molar-refractivity contribution in [2.75, 3.05) is 0 Å². The van der Waals surface area contributed by atoms with E-state index in [4.69, 9.17) is 4.99 Å². The molecule has 4 aromatic carbocycles. The Kier molecular flexibility index (Phi) is 6.58. The zero-order chi connectivity index (χ0) is 20.6. The number of hydrogen-bond donors (Lipinski definition) is 0. The second kappa shape index (κ2) is 9.91. The van der Waals surface area contributed by atoms with Crippen molar-refractivity contribution in [3.05, 3.63) is 132 Å². The monoisotopic (exact) mass is 405 g/mol. The Hall–Kier alpha value is -3.36. The van der Waals surface area contributed by atoms with Crippen LogP contribution in [0.3, 0.4) is 0 Å². The molecule has 2 heteroatoms. The maximum absolute atomic E-state index is 4.89. The first-order valence-corrected chi connectivity index (χ1v) is 10.9. The van der Waals surface area contributed by atoms with Crippen LogP contribution in [0, 0.1) is 6.92 Å². The molecule has 0 fully saturated rings. The number of hydrogen-bond acceptors (Lipinski definition) is 2. The van der Waals surface area contributed by atoms with Gasteiger partial charge in [-0.15, -0.1) is 0 Å². The topological polar surface area (TPSA) is 12.4 Å². The Morgan fingerprint density at radius 3 is 1.93 bits per heavy atom. The smallest absolute Gasteiger partial charge is 0.0714 e. The van der Waals surface area contributed by atoms with Crippen LogP contribution in [-0.2, 0) is 0 Å². The van der Waals surface area contributed by atoms with Crippen molar-refractivity contribution in [3.8, 4) is 11.1 Å². The van der Waals surface area contributed by atoms with Crippen LogP contribution < -0.4 is 0 Å². The molecule has 0 spiro atoms. The molecule has 0 bridgehead atoms. The molecule has 1 nitrogen and oxygen atoms in total. The van der Waals surface area contributed by atoms with E-state index in [-0.39, 0.29) is 0 Å². The van der Waals surface area contributed by atoms with E-state index < -0.39 is 0 Å². The van der Waals surface area contributed by atoms with E-state index in [1.807, 2.05) is 36.4 Å². The van der Waals surface area contributed by atoms with Gasteiger partial charge < -0.3 is 0 Å². The molecule has 146 valence electrons. The van der Waals surface area contributed by atoms with Crippen LogP contribution in [0.4, 0.5) is 5.69 Å². The van der Waals surface area contributed by atoms with Crippen molar-refractivity contribution < 1.29 is 0 Å². The van der Waals surface area contributed by atoms with Gasteiger partial charge in [0.1, 0.15) is 0 Å². The predicted molar refractivity (Wildman–Crippen MR) is 131 cm³/mol. The third-order valence-corrected chi connectivity index (χ3v) is 5.56. The quantitative estimate of drug-likeness (QED) is 0.233. The zero-order valence-corrected chi connectivity index (χ0v) is 17.7. The van der Waals surface area contributed by atoms with E-state index in [0.29, 0.717) is 0 Å². The van der Waals surface area contributed by atoms with Gasteiger partial charge in [-0.05, 0) is 53.8 Å². The van der Waals surface area contributed by atoms with Crippen molar-refractivity contribution >= 4 is 23.2 Å². The summed E-state index contributed by atoms with van der Waals surface area (Å²) in [6.07, 6.45) is 2.09. The highest BCUT2D eigenvalue weighted by molar-refractivity contribution is 8.02. The van der Waals surface area contributed by atoms with Crippen molar-refractivity contribution in [1.82, 2.24) is 0 Å². The van der Waals surface area contributed by atoms with Crippen LogP contribution in [0.5, 0.6) is 0 Å². The van der Waals surface area contributed by atoms with Gasteiger partial charge >= 0.3 is 0 Å². The summed E-state index contributed by atoms with van der Waals surface area (Å²) in [4.78, 5) is 6.11. The maximum Gasteiger partial charge on any atom is 0.0714 e. The Balaban J connectivity index is 1.61. The fourth-order valence-electron chi connectivity index (χ4n) is 3.10. The molecule has 0 atom stereocenters. The van der Waals surface area contributed by atoms with Crippen molar-refractivity contribution in [1.29, 1.82) is 0 Å². The molecule has 0 aliphatic heterocycles. The van der Waals surface area contributed by atoms with Gasteiger partial charge in [0.15, 0.2) is 0 Å². The van der Waals surface area contributed by atoms with Gasteiger partial charge in [0.05, 0.1) is 11.4 Å². The largest absolute Gasteiger partial charge is 0.248 e. The summed E-state index contributed by atoms with van der Waals surface area (Å²) in [5, 5.41) is 2.11. The summed E-state index contributed by atoms with van der Waals surface area (Å²) in [5.74, 6) is 0. The van der Waals surface area contributed by atoms with Crippen LogP contribution in [0.15, 0.2) is 131 Å². The highest BCUT2D eigenvalue weighted by Gasteiger charge is 2.03. The molecule has 0 heterocycles. The molecule has 0 aliphatic rings. The van der Waals surface area contributed by atoms with Crippen molar-refractivity contribution in [2.45, 2.75) is 11.8 Å². The van der Waals surface area contributed by atoms with Gasteiger partial charge in [0, 0.05) is 10.5 Å². The lowest BCUT2D eigenvalue weighted by Gasteiger charge is -2.06. The molecule has 0 aliphatic carbocycles. The Bertz CT molecular complexity index is 1130. The molecule has 0 saturated carbocycles. The van der Waals surface area contributed by atoms with Gasteiger partial charge in [-0.25, -0.2) is 4.99 Å². The first-order chi connectivity index (χ1) is 14.8. The number of aliphatic imine (C=N–C) groups is 1. The summed E-state index contributed by atoms with van der Waals surface area (Å²) < 4.78 is 0. The van der Waals surface area contributed by atoms with Gasteiger partial charge in [-0.1, -0.05) is 102 Å². The number of allylic oxidation sites excluding steroid dienone is 1. The van der Waals surface area contributed by atoms with E-state index in [9.17, 15) is 0 Å².